The van der Waals surface area contributed by atoms with Gasteiger partial charge in [0.2, 0.25) is 0 Å². The maximum absolute atomic E-state index is 12.6. The third kappa shape index (κ3) is 4.82. The number of benzene rings is 1. The summed E-state index contributed by atoms with van der Waals surface area (Å²) >= 11 is 0. The lowest BCUT2D eigenvalue weighted by atomic mass is 10.0. The third-order valence-electron chi connectivity index (χ3n) is 7.23. The molecule has 1 atom stereocenters. The first-order valence-corrected chi connectivity index (χ1v) is 12.5. The van der Waals surface area contributed by atoms with Gasteiger partial charge in [0.15, 0.2) is 0 Å². The van der Waals surface area contributed by atoms with E-state index >= 15 is 0 Å². The van der Waals surface area contributed by atoms with Gasteiger partial charge < -0.3 is 30.6 Å². The van der Waals surface area contributed by atoms with Gasteiger partial charge >= 0.3 is 6.03 Å². The average Bonchev–Trinajstić information content (AvgIpc) is 3.29. The Hall–Kier alpha value is -3.21. The zero-order valence-corrected chi connectivity index (χ0v) is 19.8. The molecule has 5 heterocycles. The van der Waals surface area contributed by atoms with Gasteiger partial charge in [0.05, 0.1) is 18.6 Å². The van der Waals surface area contributed by atoms with E-state index in [1.54, 1.807) is 6.33 Å². The van der Waals surface area contributed by atoms with E-state index in [1.807, 2.05) is 24.3 Å². The number of carbonyl (C=O) groups is 1. The third-order valence-corrected chi connectivity index (χ3v) is 7.23. The van der Waals surface area contributed by atoms with Gasteiger partial charge in [0.25, 0.3) is 0 Å². The summed E-state index contributed by atoms with van der Waals surface area (Å²) in [6.07, 6.45) is 3.75. The second-order valence-electron chi connectivity index (χ2n) is 9.56. The largest absolute Gasteiger partial charge is 0.378 e. The van der Waals surface area contributed by atoms with Crippen LogP contribution >= 0.6 is 0 Å². The molecule has 3 aliphatic heterocycles. The van der Waals surface area contributed by atoms with Crippen molar-refractivity contribution in [1.29, 1.82) is 0 Å². The number of nitrogens with zero attached hydrogens (tertiary/aromatic N) is 4. The monoisotopic (exact) mass is 476 g/mol. The lowest BCUT2D eigenvalue weighted by Crippen LogP contribution is -2.61. The number of piperidine rings is 1. The number of ether oxygens (including phenoxy) is 1. The predicted molar refractivity (Wildman–Crippen MR) is 136 cm³/mol. The summed E-state index contributed by atoms with van der Waals surface area (Å²) in [6, 6.07) is 10.6. The number of anilines is 2. The van der Waals surface area contributed by atoms with E-state index in [0.29, 0.717) is 19.3 Å². The Morgan fingerprint density at radius 1 is 1.09 bits per heavy atom. The minimum absolute atomic E-state index is 0.146. The lowest BCUT2D eigenvalue weighted by Gasteiger charge is -2.42. The Kier molecular flexibility index (Phi) is 6.24. The number of amides is 2. The van der Waals surface area contributed by atoms with Crippen LogP contribution in [0.4, 0.5) is 16.3 Å². The first-order valence-electron chi connectivity index (χ1n) is 12.5. The standard InChI is InChI=1S/C25H32N8O2/c34-25(30-19-2-1-7-33(15-19)20-13-26-14-20)29-18-5-3-17(4-6-18)22-12-21-23(31-22)27-16-28-24(21)32-8-10-35-11-9-32/h3-6,12,16,19-20,26H,1-2,7-11,13-15H2,(H,27,28,31)(H2,29,30,34)/t19-/m0/s1. The van der Waals surface area contributed by atoms with E-state index in [4.69, 9.17) is 4.74 Å². The molecular weight excluding hydrogens is 444 g/mol. The number of hydrogen-bond acceptors (Lipinski definition) is 7. The number of aromatic amines is 1. The van der Waals surface area contributed by atoms with Gasteiger partial charge in [-0.15, -0.1) is 0 Å². The number of hydrogen-bond donors (Lipinski definition) is 4. The fourth-order valence-electron chi connectivity index (χ4n) is 5.18. The molecular formula is C25H32N8O2. The van der Waals surface area contributed by atoms with Crippen molar-refractivity contribution in [2.75, 3.05) is 62.7 Å². The number of aromatic nitrogens is 3. The van der Waals surface area contributed by atoms with Crippen LogP contribution in [-0.4, -0.2) is 90.4 Å². The highest BCUT2D eigenvalue weighted by Gasteiger charge is 2.29. The second-order valence-corrected chi connectivity index (χ2v) is 9.56. The highest BCUT2D eigenvalue weighted by molar-refractivity contribution is 5.93. The molecule has 0 aliphatic carbocycles. The number of H-pyrrole nitrogens is 1. The molecule has 0 unspecified atom stereocenters. The van der Waals surface area contributed by atoms with Crippen molar-refractivity contribution >= 4 is 28.6 Å². The number of urea groups is 1. The van der Waals surface area contributed by atoms with Crippen molar-refractivity contribution in [3.05, 3.63) is 36.7 Å². The molecule has 10 heteroatoms. The number of nitrogens with one attached hydrogen (secondary N) is 4. The Balaban J connectivity index is 1.10. The molecule has 3 fully saturated rings. The molecule has 1 aromatic carbocycles. The maximum Gasteiger partial charge on any atom is 0.319 e. The van der Waals surface area contributed by atoms with E-state index in [9.17, 15) is 4.79 Å². The van der Waals surface area contributed by atoms with Crippen molar-refractivity contribution in [1.82, 2.24) is 30.5 Å². The Labute approximate surface area is 204 Å². The predicted octanol–water partition coefficient (Wildman–Crippen LogP) is 2.02. The van der Waals surface area contributed by atoms with Crippen LogP contribution in [0.25, 0.3) is 22.3 Å². The average molecular weight is 477 g/mol. The van der Waals surface area contributed by atoms with Crippen molar-refractivity contribution in [3.63, 3.8) is 0 Å². The van der Waals surface area contributed by atoms with Crippen molar-refractivity contribution in [2.45, 2.75) is 24.9 Å². The molecule has 35 heavy (non-hydrogen) atoms. The highest BCUT2D eigenvalue weighted by Crippen LogP contribution is 2.29. The van der Waals surface area contributed by atoms with Crippen LogP contribution < -0.4 is 20.9 Å². The number of morpholine rings is 1. The fourth-order valence-corrected chi connectivity index (χ4v) is 5.18. The molecule has 0 radical (unpaired) electrons. The minimum Gasteiger partial charge on any atom is -0.378 e. The summed E-state index contributed by atoms with van der Waals surface area (Å²) in [4.78, 5) is 29.7. The molecule has 2 amide bonds. The van der Waals surface area contributed by atoms with Crippen LogP contribution in [0.1, 0.15) is 12.8 Å². The Bertz CT molecular complexity index is 1170. The molecule has 184 valence electrons. The number of likely N-dealkylation sites (tertiary alicyclic amines) is 1. The molecule has 6 rings (SSSR count). The highest BCUT2D eigenvalue weighted by atomic mass is 16.5. The molecule has 0 saturated carbocycles. The zero-order chi connectivity index (χ0) is 23.6. The van der Waals surface area contributed by atoms with Gasteiger partial charge in [-0.25, -0.2) is 14.8 Å². The summed E-state index contributed by atoms with van der Waals surface area (Å²) in [5, 5.41) is 10.5. The van der Waals surface area contributed by atoms with E-state index in [2.05, 4.69) is 46.8 Å². The van der Waals surface area contributed by atoms with Gasteiger partial charge in [-0.3, -0.25) is 4.90 Å². The number of fused-ring (bicyclic) bond motifs is 1. The number of rotatable bonds is 5. The van der Waals surface area contributed by atoms with Crippen LogP contribution in [0.15, 0.2) is 36.7 Å². The Morgan fingerprint density at radius 3 is 2.69 bits per heavy atom. The van der Waals surface area contributed by atoms with Gasteiger partial charge in [-0.2, -0.15) is 0 Å². The van der Waals surface area contributed by atoms with Crippen molar-refractivity contribution in [2.24, 2.45) is 0 Å². The molecule has 4 N–H and O–H groups in total. The zero-order valence-electron chi connectivity index (χ0n) is 19.8. The fraction of sp³-hybridized carbons (Fsp3) is 0.480. The SMILES string of the molecule is O=C(Nc1ccc(-c2cc3c(N4CCOCC4)ncnc3[nH]2)cc1)N[C@H]1CCCN(C2CNC2)C1. The molecule has 2 aromatic heterocycles. The lowest BCUT2D eigenvalue weighted by molar-refractivity contribution is 0.104. The van der Waals surface area contributed by atoms with E-state index in [1.165, 1.54) is 0 Å². The number of carbonyl (C=O) groups excluding carboxylic acids is 1. The summed E-state index contributed by atoms with van der Waals surface area (Å²) in [6.45, 7) is 7.24. The van der Waals surface area contributed by atoms with Crippen molar-refractivity contribution < 1.29 is 9.53 Å². The molecule has 3 aromatic rings. The smallest absolute Gasteiger partial charge is 0.319 e. The summed E-state index contributed by atoms with van der Waals surface area (Å²) < 4.78 is 5.48. The summed E-state index contributed by atoms with van der Waals surface area (Å²) in [5.74, 6) is 0.936. The van der Waals surface area contributed by atoms with Gasteiger partial charge in [0.1, 0.15) is 17.8 Å². The molecule has 3 saturated heterocycles. The quantitative estimate of drug-likeness (QED) is 0.446. The Morgan fingerprint density at radius 2 is 1.91 bits per heavy atom. The molecule has 0 spiro atoms. The van der Waals surface area contributed by atoms with Gasteiger partial charge in [-0.1, -0.05) is 12.1 Å². The van der Waals surface area contributed by atoms with Gasteiger partial charge in [-0.05, 0) is 43.1 Å². The van der Waals surface area contributed by atoms with Crippen LogP contribution in [0.2, 0.25) is 0 Å². The normalized spacial score (nSPS) is 21.6. The second kappa shape index (κ2) is 9.80. The summed E-state index contributed by atoms with van der Waals surface area (Å²) in [5.41, 5.74) is 3.59. The van der Waals surface area contributed by atoms with Crippen LogP contribution in [0.5, 0.6) is 0 Å². The topological polar surface area (TPSA) is 110 Å². The molecule has 0 bridgehead atoms. The van der Waals surface area contributed by atoms with E-state index in [-0.39, 0.29) is 12.1 Å². The van der Waals surface area contributed by atoms with E-state index in [0.717, 1.165) is 85.9 Å². The van der Waals surface area contributed by atoms with Crippen molar-refractivity contribution in [3.8, 4) is 11.3 Å². The minimum atomic E-state index is -0.146. The van der Waals surface area contributed by atoms with Gasteiger partial charge in [0, 0.05) is 56.2 Å². The summed E-state index contributed by atoms with van der Waals surface area (Å²) in [7, 11) is 0. The maximum atomic E-state index is 12.6. The van der Waals surface area contributed by atoms with Crippen LogP contribution in [-0.2, 0) is 4.74 Å². The first-order chi connectivity index (χ1) is 17.2. The van der Waals surface area contributed by atoms with Crippen LogP contribution in [0.3, 0.4) is 0 Å². The molecule has 10 nitrogen and oxygen atoms in total. The van der Waals surface area contributed by atoms with Crippen LogP contribution in [0, 0.1) is 0 Å². The van der Waals surface area contributed by atoms with E-state index < -0.39 is 0 Å². The first kappa shape index (κ1) is 22.3. The molecule has 3 aliphatic rings.